The second-order valence-corrected chi connectivity index (χ2v) is 5.67. The molecule has 2 aromatic heterocycles. The van der Waals surface area contributed by atoms with Gasteiger partial charge in [0, 0.05) is 30.3 Å². The molecule has 1 unspecified atom stereocenters. The summed E-state index contributed by atoms with van der Waals surface area (Å²) in [5.74, 6) is 0.207. The number of carbonyl (C=O) groups excluding carboxylic acids is 1. The first-order valence-corrected chi connectivity index (χ1v) is 7.55. The van der Waals surface area contributed by atoms with E-state index >= 15 is 0 Å². The number of rotatable bonds is 2. The van der Waals surface area contributed by atoms with Gasteiger partial charge in [-0.25, -0.2) is 14.4 Å². The molecule has 0 saturated heterocycles. The summed E-state index contributed by atoms with van der Waals surface area (Å²) in [6.07, 6.45) is 3.47. The average Bonchev–Trinajstić information content (AvgIpc) is 2.91. The molecule has 0 aliphatic carbocycles. The van der Waals surface area contributed by atoms with Crippen molar-refractivity contribution in [1.82, 2.24) is 19.7 Å². The van der Waals surface area contributed by atoms with E-state index in [0.717, 1.165) is 16.8 Å². The predicted octanol–water partition coefficient (Wildman–Crippen LogP) is 2.58. The van der Waals surface area contributed by atoms with E-state index in [1.807, 2.05) is 13.0 Å². The molecular formula is C17H14FN5O. The minimum Gasteiger partial charge on any atom is -0.310 e. The van der Waals surface area contributed by atoms with Crippen LogP contribution in [0.25, 0.3) is 5.95 Å². The number of aromatic nitrogens is 4. The van der Waals surface area contributed by atoms with E-state index in [1.54, 1.807) is 24.5 Å². The van der Waals surface area contributed by atoms with Crippen LogP contribution in [0.2, 0.25) is 0 Å². The molecular weight excluding hydrogens is 309 g/mol. The van der Waals surface area contributed by atoms with Crippen LogP contribution in [0, 0.1) is 12.7 Å². The standard InChI is InChI=1S/C17H14FN5O/c1-10-15-13(11-4-2-5-12(18)8-11)9-14(24)21-16(15)23(22-10)17-19-6-3-7-20-17/h2-8,13H,9H2,1H3,(H,21,24). The van der Waals surface area contributed by atoms with Crippen molar-refractivity contribution in [2.45, 2.75) is 19.3 Å². The number of carbonyl (C=O) groups is 1. The van der Waals surface area contributed by atoms with Gasteiger partial charge in [-0.3, -0.25) is 4.79 Å². The number of halogens is 1. The largest absolute Gasteiger partial charge is 0.310 e. The average molecular weight is 323 g/mol. The van der Waals surface area contributed by atoms with E-state index in [9.17, 15) is 9.18 Å². The SMILES string of the molecule is Cc1nn(-c2ncccn2)c2c1C(c1cccc(F)c1)CC(=O)N2. The number of nitrogens with zero attached hydrogens (tertiary/aromatic N) is 4. The Balaban J connectivity index is 1.89. The van der Waals surface area contributed by atoms with Gasteiger partial charge < -0.3 is 5.32 Å². The maximum absolute atomic E-state index is 13.6. The maximum atomic E-state index is 13.6. The highest BCUT2D eigenvalue weighted by molar-refractivity contribution is 5.95. The first kappa shape index (κ1) is 14.5. The van der Waals surface area contributed by atoms with Crippen molar-refractivity contribution in [3.63, 3.8) is 0 Å². The van der Waals surface area contributed by atoms with Gasteiger partial charge in [-0.15, -0.1) is 0 Å². The van der Waals surface area contributed by atoms with Gasteiger partial charge in [-0.05, 0) is 30.7 Å². The Morgan fingerprint density at radius 1 is 1.25 bits per heavy atom. The Hall–Kier alpha value is -3.09. The lowest BCUT2D eigenvalue weighted by Gasteiger charge is -2.24. The Morgan fingerprint density at radius 3 is 2.79 bits per heavy atom. The number of benzene rings is 1. The van der Waals surface area contributed by atoms with Crippen molar-refractivity contribution in [2.75, 3.05) is 5.32 Å². The third-order valence-electron chi connectivity index (χ3n) is 4.10. The summed E-state index contributed by atoms with van der Waals surface area (Å²) in [4.78, 5) is 20.6. The second kappa shape index (κ2) is 5.52. The fourth-order valence-electron chi connectivity index (χ4n) is 3.10. The molecule has 0 radical (unpaired) electrons. The van der Waals surface area contributed by atoms with Crippen molar-refractivity contribution in [3.8, 4) is 5.95 Å². The molecule has 0 spiro atoms. The molecule has 0 bridgehead atoms. The van der Waals surface area contributed by atoms with Gasteiger partial charge in [-0.2, -0.15) is 9.78 Å². The van der Waals surface area contributed by atoms with Crippen LogP contribution >= 0.6 is 0 Å². The number of anilines is 1. The Morgan fingerprint density at radius 2 is 2.04 bits per heavy atom. The number of fused-ring (bicyclic) bond motifs is 1. The van der Waals surface area contributed by atoms with Crippen LogP contribution in [0.15, 0.2) is 42.7 Å². The third-order valence-corrected chi connectivity index (χ3v) is 4.10. The molecule has 0 saturated carbocycles. The van der Waals surface area contributed by atoms with E-state index in [4.69, 9.17) is 0 Å². The summed E-state index contributed by atoms with van der Waals surface area (Å²) >= 11 is 0. The lowest BCUT2D eigenvalue weighted by atomic mass is 9.86. The Bertz CT molecular complexity index is 922. The number of hydrogen-bond acceptors (Lipinski definition) is 4. The molecule has 1 atom stereocenters. The molecule has 4 rings (SSSR count). The van der Waals surface area contributed by atoms with E-state index in [2.05, 4.69) is 20.4 Å². The number of aryl methyl sites for hydroxylation is 1. The Kier molecular flexibility index (Phi) is 3.34. The minimum atomic E-state index is -0.323. The summed E-state index contributed by atoms with van der Waals surface area (Å²) in [6.45, 7) is 1.86. The van der Waals surface area contributed by atoms with Gasteiger partial charge in [0.1, 0.15) is 11.6 Å². The normalized spacial score (nSPS) is 16.6. The summed E-state index contributed by atoms with van der Waals surface area (Å²) < 4.78 is 15.1. The Labute approximate surface area is 137 Å². The van der Waals surface area contributed by atoms with Crippen LogP contribution in [0.3, 0.4) is 0 Å². The molecule has 1 aliphatic heterocycles. The fourth-order valence-corrected chi connectivity index (χ4v) is 3.10. The van der Waals surface area contributed by atoms with Gasteiger partial charge in [-0.1, -0.05) is 12.1 Å². The monoisotopic (exact) mass is 323 g/mol. The molecule has 3 heterocycles. The van der Waals surface area contributed by atoms with Gasteiger partial charge in [0.05, 0.1) is 5.69 Å². The maximum Gasteiger partial charge on any atom is 0.252 e. The van der Waals surface area contributed by atoms with E-state index < -0.39 is 0 Å². The highest BCUT2D eigenvalue weighted by Gasteiger charge is 2.33. The van der Waals surface area contributed by atoms with Crippen molar-refractivity contribution >= 4 is 11.7 Å². The second-order valence-electron chi connectivity index (χ2n) is 5.67. The highest BCUT2D eigenvalue weighted by Crippen LogP contribution is 2.39. The van der Waals surface area contributed by atoms with Crippen LogP contribution in [0.5, 0.6) is 0 Å². The van der Waals surface area contributed by atoms with Gasteiger partial charge in [0.15, 0.2) is 0 Å². The van der Waals surface area contributed by atoms with Crippen LogP contribution < -0.4 is 5.32 Å². The molecule has 6 nitrogen and oxygen atoms in total. The molecule has 1 N–H and O–H groups in total. The zero-order valence-corrected chi connectivity index (χ0v) is 12.9. The molecule has 1 amide bonds. The van der Waals surface area contributed by atoms with Gasteiger partial charge >= 0.3 is 0 Å². The number of amides is 1. The molecule has 1 aromatic carbocycles. The minimum absolute atomic E-state index is 0.145. The van der Waals surface area contributed by atoms with E-state index in [1.165, 1.54) is 16.8 Å². The first-order chi connectivity index (χ1) is 11.6. The first-order valence-electron chi connectivity index (χ1n) is 7.55. The van der Waals surface area contributed by atoms with Crippen molar-refractivity contribution in [3.05, 3.63) is 65.4 Å². The smallest absolute Gasteiger partial charge is 0.252 e. The number of hydrogen-bond donors (Lipinski definition) is 1. The molecule has 120 valence electrons. The van der Waals surface area contributed by atoms with Crippen molar-refractivity contribution in [1.29, 1.82) is 0 Å². The number of nitrogens with one attached hydrogen (secondary N) is 1. The third kappa shape index (κ3) is 2.34. The summed E-state index contributed by atoms with van der Waals surface area (Å²) in [5.41, 5.74) is 2.38. The van der Waals surface area contributed by atoms with E-state index in [-0.39, 0.29) is 24.1 Å². The van der Waals surface area contributed by atoms with Crippen LogP contribution in [-0.4, -0.2) is 25.7 Å². The summed E-state index contributed by atoms with van der Waals surface area (Å²) in [7, 11) is 0. The van der Waals surface area contributed by atoms with E-state index in [0.29, 0.717) is 11.8 Å². The highest BCUT2D eigenvalue weighted by atomic mass is 19.1. The summed E-state index contributed by atoms with van der Waals surface area (Å²) in [6, 6.07) is 8.04. The zero-order valence-electron chi connectivity index (χ0n) is 12.9. The quantitative estimate of drug-likeness (QED) is 0.787. The molecule has 3 aromatic rings. The van der Waals surface area contributed by atoms with Crippen molar-refractivity contribution in [2.24, 2.45) is 0 Å². The summed E-state index contributed by atoms with van der Waals surface area (Å²) in [5, 5.41) is 7.33. The molecule has 0 fully saturated rings. The van der Waals surface area contributed by atoms with Crippen LogP contribution in [0.4, 0.5) is 10.2 Å². The lowest BCUT2D eigenvalue weighted by Crippen LogP contribution is -2.25. The van der Waals surface area contributed by atoms with Crippen molar-refractivity contribution < 1.29 is 9.18 Å². The molecule has 24 heavy (non-hydrogen) atoms. The predicted molar refractivity (Wildman–Crippen MR) is 85.4 cm³/mol. The van der Waals surface area contributed by atoms with Crippen LogP contribution in [0.1, 0.15) is 29.2 Å². The molecule has 7 heteroatoms. The van der Waals surface area contributed by atoms with Crippen LogP contribution in [-0.2, 0) is 4.79 Å². The van der Waals surface area contributed by atoms with Gasteiger partial charge in [0.25, 0.3) is 5.95 Å². The van der Waals surface area contributed by atoms with Gasteiger partial charge in [0.2, 0.25) is 5.91 Å². The zero-order chi connectivity index (χ0) is 16.7. The lowest BCUT2D eigenvalue weighted by molar-refractivity contribution is -0.116. The fraction of sp³-hybridized carbons (Fsp3) is 0.176. The topological polar surface area (TPSA) is 72.7 Å². The molecule has 1 aliphatic rings.